The zero-order chi connectivity index (χ0) is 14.8. The highest BCUT2D eigenvalue weighted by atomic mass is 16.2. The summed E-state index contributed by atoms with van der Waals surface area (Å²) in [6, 6.07) is 6.18. The van der Waals surface area contributed by atoms with Crippen LogP contribution in [0.15, 0.2) is 29.2 Å². The fourth-order valence-electron chi connectivity index (χ4n) is 3.23. The van der Waals surface area contributed by atoms with E-state index in [0.29, 0.717) is 18.2 Å². The van der Waals surface area contributed by atoms with Gasteiger partial charge in [-0.05, 0) is 38.4 Å². The number of nitrogens with zero attached hydrogens (tertiary/aromatic N) is 4. The summed E-state index contributed by atoms with van der Waals surface area (Å²) in [6.45, 7) is 4.58. The maximum Gasteiger partial charge on any atom is 0.350 e. The molecule has 0 spiro atoms. The van der Waals surface area contributed by atoms with Gasteiger partial charge in [0.2, 0.25) is 0 Å². The number of fused-ring (bicyclic) bond motifs is 1. The van der Waals surface area contributed by atoms with Gasteiger partial charge in [0.1, 0.15) is 0 Å². The molecule has 2 unspecified atom stereocenters. The van der Waals surface area contributed by atoms with E-state index in [-0.39, 0.29) is 11.7 Å². The Bertz CT molecular complexity index is 659. The van der Waals surface area contributed by atoms with Crippen LogP contribution < -0.4 is 11.4 Å². The Hall–Kier alpha value is -1.66. The molecule has 1 fully saturated rings. The summed E-state index contributed by atoms with van der Waals surface area (Å²) in [7, 11) is 0. The third-order valence-corrected chi connectivity index (χ3v) is 4.36. The van der Waals surface area contributed by atoms with E-state index in [1.807, 2.05) is 18.2 Å². The van der Waals surface area contributed by atoms with Crippen LogP contribution in [0.2, 0.25) is 0 Å². The first-order chi connectivity index (χ1) is 10.2. The van der Waals surface area contributed by atoms with Gasteiger partial charge in [-0.25, -0.2) is 9.48 Å². The third kappa shape index (κ3) is 2.87. The molecular weight excluding hydrogens is 266 g/mol. The number of pyridine rings is 1. The minimum atomic E-state index is -0.0695. The van der Waals surface area contributed by atoms with E-state index in [0.717, 1.165) is 19.5 Å². The van der Waals surface area contributed by atoms with E-state index in [1.54, 1.807) is 15.3 Å². The van der Waals surface area contributed by atoms with Crippen molar-refractivity contribution in [1.82, 2.24) is 19.1 Å². The Kier molecular flexibility index (Phi) is 4.07. The molecule has 0 bridgehead atoms. The van der Waals surface area contributed by atoms with Gasteiger partial charge in [0.15, 0.2) is 5.65 Å². The lowest BCUT2D eigenvalue weighted by Gasteiger charge is -2.37. The maximum atomic E-state index is 12.2. The number of hydrogen-bond acceptors (Lipinski definition) is 4. The van der Waals surface area contributed by atoms with Crippen LogP contribution >= 0.6 is 0 Å². The fraction of sp³-hybridized carbons (Fsp3) is 0.600. The molecule has 0 aliphatic carbocycles. The largest absolute Gasteiger partial charge is 0.350 e. The third-order valence-electron chi connectivity index (χ3n) is 4.36. The van der Waals surface area contributed by atoms with Gasteiger partial charge >= 0.3 is 5.69 Å². The van der Waals surface area contributed by atoms with Crippen LogP contribution in [0.1, 0.15) is 26.2 Å². The van der Waals surface area contributed by atoms with Gasteiger partial charge in [-0.15, -0.1) is 5.10 Å². The summed E-state index contributed by atoms with van der Waals surface area (Å²) in [5, 5.41) is 4.38. The standard InChI is InChI=1S/C15H23N5O/c1-12(16)13-6-2-4-8-18(13)10-11-20-15(21)19-9-5-3-7-14(19)17-20/h3,5,7,9,12-13H,2,4,6,8,10-11,16H2,1H3. The number of hydrogen-bond donors (Lipinski definition) is 1. The van der Waals surface area contributed by atoms with Crippen molar-refractivity contribution in [1.29, 1.82) is 0 Å². The van der Waals surface area contributed by atoms with E-state index in [2.05, 4.69) is 16.9 Å². The van der Waals surface area contributed by atoms with Crippen LogP contribution in [-0.2, 0) is 6.54 Å². The monoisotopic (exact) mass is 289 g/mol. The zero-order valence-corrected chi connectivity index (χ0v) is 12.5. The predicted octanol–water partition coefficient (Wildman–Crippen LogP) is 0.698. The molecule has 0 amide bonds. The lowest BCUT2D eigenvalue weighted by Crippen LogP contribution is -2.50. The van der Waals surface area contributed by atoms with Crippen LogP contribution in [0, 0.1) is 0 Å². The van der Waals surface area contributed by atoms with Crippen LogP contribution in [-0.4, -0.2) is 44.3 Å². The van der Waals surface area contributed by atoms with E-state index in [9.17, 15) is 4.79 Å². The van der Waals surface area contributed by atoms with Crippen LogP contribution in [0.25, 0.3) is 5.65 Å². The Morgan fingerprint density at radius 3 is 3.00 bits per heavy atom. The van der Waals surface area contributed by atoms with Gasteiger partial charge in [-0.2, -0.15) is 0 Å². The minimum Gasteiger partial charge on any atom is -0.327 e. The first kappa shape index (κ1) is 14.3. The average molecular weight is 289 g/mol. The lowest BCUT2D eigenvalue weighted by molar-refractivity contribution is 0.124. The highest BCUT2D eigenvalue weighted by molar-refractivity contribution is 5.35. The summed E-state index contributed by atoms with van der Waals surface area (Å²) in [5.41, 5.74) is 6.72. The fourth-order valence-corrected chi connectivity index (χ4v) is 3.23. The van der Waals surface area contributed by atoms with Gasteiger partial charge in [0.25, 0.3) is 0 Å². The Morgan fingerprint density at radius 1 is 1.38 bits per heavy atom. The minimum absolute atomic E-state index is 0.0695. The molecular formula is C15H23N5O. The molecule has 6 heteroatoms. The molecule has 3 heterocycles. The molecule has 114 valence electrons. The van der Waals surface area contributed by atoms with Gasteiger partial charge in [-0.3, -0.25) is 9.30 Å². The van der Waals surface area contributed by atoms with Crippen LogP contribution in [0.4, 0.5) is 0 Å². The highest BCUT2D eigenvalue weighted by Crippen LogP contribution is 2.18. The normalized spacial score (nSPS) is 21.7. The smallest absolute Gasteiger partial charge is 0.327 e. The predicted molar refractivity (Wildman–Crippen MR) is 82.3 cm³/mol. The van der Waals surface area contributed by atoms with Crippen molar-refractivity contribution in [2.24, 2.45) is 5.73 Å². The molecule has 3 rings (SSSR count). The van der Waals surface area contributed by atoms with E-state index in [1.165, 1.54) is 12.8 Å². The topological polar surface area (TPSA) is 68.6 Å². The quantitative estimate of drug-likeness (QED) is 0.899. The average Bonchev–Trinajstić information content (AvgIpc) is 2.82. The maximum absolute atomic E-state index is 12.2. The number of piperidine rings is 1. The van der Waals surface area contributed by atoms with Crippen LogP contribution in [0.3, 0.4) is 0 Å². The zero-order valence-electron chi connectivity index (χ0n) is 12.5. The van der Waals surface area contributed by atoms with Crippen molar-refractivity contribution < 1.29 is 0 Å². The summed E-state index contributed by atoms with van der Waals surface area (Å²) >= 11 is 0. The second-order valence-electron chi connectivity index (χ2n) is 5.89. The number of likely N-dealkylation sites (tertiary alicyclic amines) is 1. The molecule has 0 aromatic carbocycles. The number of nitrogens with two attached hydrogens (primary N) is 1. The molecule has 1 aliphatic rings. The Labute approximate surface area is 124 Å². The first-order valence-electron chi connectivity index (χ1n) is 7.70. The molecule has 21 heavy (non-hydrogen) atoms. The molecule has 1 aliphatic heterocycles. The number of rotatable bonds is 4. The van der Waals surface area contributed by atoms with Gasteiger partial charge in [0, 0.05) is 24.8 Å². The lowest BCUT2D eigenvalue weighted by atomic mass is 9.97. The molecule has 6 nitrogen and oxygen atoms in total. The summed E-state index contributed by atoms with van der Waals surface area (Å²) in [6.07, 6.45) is 5.37. The van der Waals surface area contributed by atoms with Crippen molar-refractivity contribution in [2.45, 2.75) is 44.8 Å². The van der Waals surface area contributed by atoms with Crippen molar-refractivity contribution in [3.63, 3.8) is 0 Å². The van der Waals surface area contributed by atoms with E-state index in [4.69, 9.17) is 5.73 Å². The van der Waals surface area contributed by atoms with Crippen molar-refractivity contribution >= 4 is 5.65 Å². The van der Waals surface area contributed by atoms with Crippen molar-refractivity contribution in [2.75, 3.05) is 13.1 Å². The molecule has 0 radical (unpaired) electrons. The molecule has 2 atom stereocenters. The summed E-state index contributed by atoms with van der Waals surface area (Å²) < 4.78 is 3.14. The van der Waals surface area contributed by atoms with Gasteiger partial charge in [0.05, 0.1) is 6.54 Å². The highest BCUT2D eigenvalue weighted by Gasteiger charge is 2.25. The summed E-state index contributed by atoms with van der Waals surface area (Å²) in [5.74, 6) is 0. The van der Waals surface area contributed by atoms with Gasteiger partial charge in [-0.1, -0.05) is 12.5 Å². The SMILES string of the molecule is CC(N)C1CCCCN1CCn1nc2ccccn2c1=O. The number of aromatic nitrogens is 3. The molecule has 2 aromatic heterocycles. The molecule has 0 saturated carbocycles. The molecule has 2 aromatic rings. The van der Waals surface area contributed by atoms with Crippen molar-refractivity contribution in [3.8, 4) is 0 Å². The summed E-state index contributed by atoms with van der Waals surface area (Å²) in [4.78, 5) is 14.6. The Balaban J connectivity index is 1.73. The van der Waals surface area contributed by atoms with Gasteiger partial charge < -0.3 is 5.73 Å². The van der Waals surface area contributed by atoms with E-state index < -0.39 is 0 Å². The second-order valence-corrected chi connectivity index (χ2v) is 5.89. The second kappa shape index (κ2) is 5.99. The molecule has 2 N–H and O–H groups in total. The Morgan fingerprint density at radius 2 is 2.24 bits per heavy atom. The van der Waals surface area contributed by atoms with Crippen LogP contribution in [0.5, 0.6) is 0 Å². The van der Waals surface area contributed by atoms with Crippen molar-refractivity contribution in [3.05, 3.63) is 34.9 Å². The molecule has 1 saturated heterocycles. The first-order valence-corrected chi connectivity index (χ1v) is 7.70. The van der Waals surface area contributed by atoms with E-state index >= 15 is 0 Å².